The van der Waals surface area contributed by atoms with Crippen molar-refractivity contribution < 1.29 is 18.3 Å². The lowest BCUT2D eigenvalue weighted by molar-refractivity contribution is -0.00710. The minimum Gasteiger partial charge on any atom is -0.369 e. The minimum absolute atomic E-state index is 0.00512. The molecule has 2 aliphatic rings. The Morgan fingerprint density at radius 3 is 2.63 bits per heavy atom. The Morgan fingerprint density at radius 2 is 2.00 bits per heavy atom. The van der Waals surface area contributed by atoms with Gasteiger partial charge in [-0.15, -0.1) is 0 Å². The maximum atomic E-state index is 14.2. The van der Waals surface area contributed by atoms with Crippen LogP contribution < -0.4 is 5.32 Å². The summed E-state index contributed by atoms with van der Waals surface area (Å²) >= 11 is 0. The van der Waals surface area contributed by atoms with Gasteiger partial charge in [0.2, 0.25) is 0 Å². The monoisotopic (exact) mass is 375 g/mol. The summed E-state index contributed by atoms with van der Waals surface area (Å²) in [4.78, 5) is 12.9. The van der Waals surface area contributed by atoms with Crippen molar-refractivity contribution in [2.24, 2.45) is 7.05 Å². The number of nitrogens with one attached hydrogen (secondary N) is 1. The van der Waals surface area contributed by atoms with E-state index in [2.05, 4.69) is 10.4 Å². The number of ether oxygens (including phenoxy) is 1. The quantitative estimate of drug-likeness (QED) is 0.893. The number of halogens is 2. The summed E-state index contributed by atoms with van der Waals surface area (Å²) in [7, 11) is 1.73. The van der Waals surface area contributed by atoms with E-state index in [9.17, 15) is 13.6 Å². The number of carbonyl (C=O) groups is 1. The van der Waals surface area contributed by atoms with E-state index in [0.29, 0.717) is 25.0 Å². The molecular formula is C20H23F2N3O2. The van der Waals surface area contributed by atoms with Crippen molar-refractivity contribution in [3.8, 4) is 0 Å². The first-order valence-electron chi connectivity index (χ1n) is 9.26. The van der Waals surface area contributed by atoms with Crippen molar-refractivity contribution in [3.05, 3.63) is 52.3 Å². The number of hydrogen-bond donors (Lipinski definition) is 1. The van der Waals surface area contributed by atoms with E-state index in [-0.39, 0.29) is 30.2 Å². The van der Waals surface area contributed by atoms with Crippen molar-refractivity contribution in [3.63, 3.8) is 0 Å². The van der Waals surface area contributed by atoms with Crippen molar-refractivity contribution >= 4 is 5.91 Å². The lowest BCUT2D eigenvalue weighted by Gasteiger charge is -2.25. The van der Waals surface area contributed by atoms with E-state index >= 15 is 0 Å². The molecule has 2 atom stereocenters. The predicted octanol–water partition coefficient (Wildman–Crippen LogP) is 3.18. The molecule has 1 saturated carbocycles. The van der Waals surface area contributed by atoms with Gasteiger partial charge in [-0.1, -0.05) is 6.07 Å². The summed E-state index contributed by atoms with van der Waals surface area (Å²) in [6.07, 6.45) is 1.75. The molecule has 4 rings (SSSR count). The molecule has 0 saturated heterocycles. The Kier molecular flexibility index (Phi) is 4.29. The molecule has 1 N–H and O–H groups in total. The fourth-order valence-corrected chi connectivity index (χ4v) is 4.15. The molecule has 1 aromatic heterocycles. The zero-order valence-corrected chi connectivity index (χ0v) is 15.7. The molecule has 0 radical (unpaired) electrons. The largest absolute Gasteiger partial charge is 0.369 e. The molecule has 2 aromatic rings. The smallest absolute Gasteiger partial charge is 0.269 e. The molecule has 5 nitrogen and oxygen atoms in total. The molecule has 7 heteroatoms. The summed E-state index contributed by atoms with van der Waals surface area (Å²) in [5.74, 6) is -1.38. The topological polar surface area (TPSA) is 56.2 Å². The van der Waals surface area contributed by atoms with E-state index in [1.807, 2.05) is 13.8 Å². The average Bonchev–Trinajstić information content (AvgIpc) is 3.29. The summed E-state index contributed by atoms with van der Waals surface area (Å²) in [5, 5.41) is 7.33. The second kappa shape index (κ2) is 6.41. The van der Waals surface area contributed by atoms with Crippen LogP contribution in [0.2, 0.25) is 0 Å². The standard InChI is InChI=1S/C20H23F2N3O2/c1-11-9-13-17(12(2)27-11)24-25(3)18(13)19(26)23-10-20(7-8-20)16-14(21)5-4-6-15(16)22/h4-6,11-12H,7-10H2,1-3H3,(H,23,26)/t11-,12+/m1/s1. The number of aryl methyl sites for hydroxylation is 1. The highest BCUT2D eigenvalue weighted by Crippen LogP contribution is 2.49. The van der Waals surface area contributed by atoms with Crippen LogP contribution >= 0.6 is 0 Å². The number of aromatic nitrogens is 2. The first-order chi connectivity index (χ1) is 12.8. The van der Waals surface area contributed by atoms with Crippen LogP contribution in [0.1, 0.15) is 60.1 Å². The van der Waals surface area contributed by atoms with Gasteiger partial charge in [0.05, 0.1) is 17.9 Å². The van der Waals surface area contributed by atoms with E-state index in [1.165, 1.54) is 18.2 Å². The molecule has 1 amide bonds. The fourth-order valence-electron chi connectivity index (χ4n) is 4.15. The average molecular weight is 375 g/mol. The Morgan fingerprint density at radius 1 is 1.33 bits per heavy atom. The lowest BCUT2D eigenvalue weighted by atomic mass is 9.94. The number of rotatable bonds is 4. The number of benzene rings is 1. The number of fused-ring (bicyclic) bond motifs is 1. The van der Waals surface area contributed by atoms with Crippen LogP contribution in [0.3, 0.4) is 0 Å². The van der Waals surface area contributed by atoms with E-state index in [0.717, 1.165) is 11.3 Å². The Balaban J connectivity index is 1.56. The molecule has 0 spiro atoms. The fraction of sp³-hybridized carbons (Fsp3) is 0.500. The van der Waals surface area contributed by atoms with E-state index in [4.69, 9.17) is 4.74 Å². The van der Waals surface area contributed by atoms with Gasteiger partial charge in [-0.3, -0.25) is 9.48 Å². The van der Waals surface area contributed by atoms with Crippen LogP contribution in [0, 0.1) is 11.6 Å². The third kappa shape index (κ3) is 3.04. The van der Waals surface area contributed by atoms with Crippen LogP contribution in [0.25, 0.3) is 0 Å². The molecule has 0 unspecified atom stereocenters. The minimum atomic E-state index is -0.659. The first-order valence-corrected chi connectivity index (χ1v) is 9.26. The van der Waals surface area contributed by atoms with Crippen LogP contribution in [0.5, 0.6) is 0 Å². The van der Waals surface area contributed by atoms with Gasteiger partial charge in [0.15, 0.2) is 0 Å². The highest BCUT2D eigenvalue weighted by atomic mass is 19.1. The first kappa shape index (κ1) is 18.1. The molecule has 27 heavy (non-hydrogen) atoms. The zero-order chi connectivity index (χ0) is 19.3. The summed E-state index contributed by atoms with van der Waals surface area (Å²) in [6.45, 7) is 4.09. The van der Waals surface area contributed by atoms with Gasteiger partial charge in [-0.05, 0) is 38.8 Å². The molecule has 1 aromatic carbocycles. The number of carbonyl (C=O) groups excluding carboxylic acids is 1. The van der Waals surface area contributed by atoms with Crippen molar-refractivity contribution in [2.45, 2.75) is 50.7 Å². The second-order valence-electron chi connectivity index (χ2n) is 7.69. The lowest BCUT2D eigenvalue weighted by Crippen LogP contribution is -2.35. The predicted molar refractivity (Wildman–Crippen MR) is 95.5 cm³/mol. The van der Waals surface area contributed by atoms with E-state index < -0.39 is 17.0 Å². The highest BCUT2D eigenvalue weighted by Gasteiger charge is 2.48. The third-order valence-corrected chi connectivity index (χ3v) is 5.64. The van der Waals surface area contributed by atoms with Gasteiger partial charge in [0.1, 0.15) is 17.3 Å². The molecular weight excluding hydrogens is 352 g/mol. The van der Waals surface area contributed by atoms with Crippen LogP contribution in [0.4, 0.5) is 8.78 Å². The number of nitrogens with zero attached hydrogens (tertiary/aromatic N) is 2. The van der Waals surface area contributed by atoms with Crippen molar-refractivity contribution in [1.29, 1.82) is 0 Å². The van der Waals surface area contributed by atoms with Crippen molar-refractivity contribution in [2.75, 3.05) is 6.54 Å². The van der Waals surface area contributed by atoms with Gasteiger partial charge >= 0.3 is 0 Å². The SMILES string of the molecule is C[C@@H]1Cc2c(nn(C)c2C(=O)NCC2(c3c(F)cccc3F)CC2)[C@H](C)O1. The van der Waals surface area contributed by atoms with Gasteiger partial charge in [-0.2, -0.15) is 5.10 Å². The second-order valence-corrected chi connectivity index (χ2v) is 7.69. The van der Waals surface area contributed by atoms with Gasteiger partial charge in [-0.25, -0.2) is 8.78 Å². The van der Waals surface area contributed by atoms with Gasteiger partial charge in [0.25, 0.3) is 5.91 Å². The molecule has 1 aliphatic heterocycles. The molecule has 144 valence electrons. The van der Waals surface area contributed by atoms with Crippen LogP contribution in [-0.4, -0.2) is 28.3 Å². The zero-order valence-electron chi connectivity index (χ0n) is 15.7. The Bertz CT molecular complexity index is 885. The number of hydrogen-bond acceptors (Lipinski definition) is 3. The summed E-state index contributed by atoms with van der Waals surface area (Å²) < 4.78 is 35.7. The highest BCUT2D eigenvalue weighted by molar-refractivity contribution is 5.94. The maximum Gasteiger partial charge on any atom is 0.269 e. The molecule has 2 heterocycles. The molecule has 1 fully saturated rings. The van der Waals surface area contributed by atoms with Crippen LogP contribution in [0.15, 0.2) is 18.2 Å². The van der Waals surface area contributed by atoms with Crippen molar-refractivity contribution in [1.82, 2.24) is 15.1 Å². The van der Waals surface area contributed by atoms with Crippen LogP contribution in [-0.2, 0) is 23.6 Å². The summed E-state index contributed by atoms with van der Waals surface area (Å²) in [5.41, 5.74) is 1.59. The Hall–Kier alpha value is -2.28. The normalized spacial score (nSPS) is 23.0. The van der Waals surface area contributed by atoms with Gasteiger partial charge < -0.3 is 10.1 Å². The summed E-state index contributed by atoms with van der Waals surface area (Å²) in [6, 6.07) is 3.89. The van der Waals surface area contributed by atoms with E-state index in [1.54, 1.807) is 11.7 Å². The van der Waals surface area contributed by atoms with Gasteiger partial charge in [0, 0.05) is 36.6 Å². The third-order valence-electron chi connectivity index (χ3n) is 5.64. The maximum absolute atomic E-state index is 14.2. The Labute approximate surface area is 156 Å². The number of amides is 1. The molecule has 1 aliphatic carbocycles. The molecule has 0 bridgehead atoms.